The predicted octanol–water partition coefficient (Wildman–Crippen LogP) is 2.03. The highest BCUT2D eigenvalue weighted by atomic mass is 16.6. The highest BCUT2D eigenvalue weighted by molar-refractivity contribution is 5.63. The molecular weight excluding hydrogens is 268 g/mol. The summed E-state index contributed by atoms with van der Waals surface area (Å²) in [7, 11) is 0. The van der Waals surface area contributed by atoms with Crippen LogP contribution in [0.5, 0.6) is 0 Å². The molecule has 1 aromatic rings. The molecule has 1 saturated heterocycles. The number of benzene rings is 1. The molecule has 0 bridgehead atoms. The molecule has 3 rings (SSSR count). The zero-order valence-corrected chi connectivity index (χ0v) is 11.7. The molecule has 6 heteroatoms. The zero-order chi connectivity index (χ0) is 15.0. The zero-order valence-electron chi connectivity index (χ0n) is 11.7. The molecule has 1 aliphatic carbocycles. The van der Waals surface area contributed by atoms with Crippen molar-refractivity contribution < 1.29 is 4.92 Å². The number of hydrogen-bond donors (Lipinski definition) is 1. The lowest BCUT2D eigenvalue weighted by molar-refractivity contribution is -0.384. The summed E-state index contributed by atoms with van der Waals surface area (Å²) in [4.78, 5) is 12.5. The lowest BCUT2D eigenvalue weighted by Gasteiger charge is -2.27. The lowest BCUT2D eigenvalue weighted by atomic mass is 9.79. The van der Waals surface area contributed by atoms with Gasteiger partial charge in [-0.25, -0.2) is 0 Å². The Hall–Kier alpha value is -2.13. The van der Waals surface area contributed by atoms with Gasteiger partial charge in [0.05, 0.1) is 16.2 Å². The average molecular weight is 286 g/mol. The van der Waals surface area contributed by atoms with Crippen molar-refractivity contribution in [3.63, 3.8) is 0 Å². The van der Waals surface area contributed by atoms with E-state index in [2.05, 4.69) is 11.0 Å². The fourth-order valence-corrected chi connectivity index (χ4v) is 3.67. The molecule has 6 nitrogen and oxygen atoms in total. The molecule has 0 aromatic heterocycles. The highest BCUT2D eigenvalue weighted by Gasteiger charge is 2.37. The number of nitro groups is 1. The maximum Gasteiger partial charge on any atom is 0.270 e. The quantitative estimate of drug-likeness (QED) is 0.662. The third-order valence-electron chi connectivity index (χ3n) is 4.74. The largest absolute Gasteiger partial charge is 0.370 e. The summed E-state index contributed by atoms with van der Waals surface area (Å²) >= 11 is 0. The van der Waals surface area contributed by atoms with Crippen LogP contribution in [0.25, 0.3) is 0 Å². The van der Waals surface area contributed by atoms with Crippen LogP contribution in [-0.4, -0.2) is 24.1 Å². The van der Waals surface area contributed by atoms with Crippen LogP contribution in [0, 0.1) is 33.3 Å². The van der Waals surface area contributed by atoms with E-state index in [0.717, 1.165) is 38.0 Å². The van der Waals surface area contributed by atoms with Gasteiger partial charge in [0.25, 0.3) is 5.69 Å². The number of fused-ring (bicyclic) bond motifs is 1. The first-order valence-electron chi connectivity index (χ1n) is 7.27. The molecular formula is C15H18N4O2. The Bertz CT molecular complexity index is 610. The van der Waals surface area contributed by atoms with Gasteiger partial charge >= 0.3 is 0 Å². The molecule has 1 aromatic carbocycles. The normalized spacial score (nSPS) is 28.0. The summed E-state index contributed by atoms with van der Waals surface area (Å²) in [5, 5.41) is 20.1. The van der Waals surface area contributed by atoms with E-state index < -0.39 is 4.92 Å². The number of non-ortho nitro benzene ring substituents is 1. The number of nitrogens with zero attached hydrogens (tertiary/aromatic N) is 3. The van der Waals surface area contributed by atoms with Crippen LogP contribution >= 0.6 is 0 Å². The Balaban J connectivity index is 1.85. The van der Waals surface area contributed by atoms with Crippen LogP contribution in [0.4, 0.5) is 11.4 Å². The Kier molecular flexibility index (Phi) is 3.52. The molecule has 1 heterocycles. The van der Waals surface area contributed by atoms with Gasteiger partial charge in [-0.3, -0.25) is 10.1 Å². The van der Waals surface area contributed by atoms with Crippen molar-refractivity contribution >= 4 is 11.4 Å². The van der Waals surface area contributed by atoms with Crippen molar-refractivity contribution in [1.29, 1.82) is 5.26 Å². The summed E-state index contributed by atoms with van der Waals surface area (Å²) in [5.41, 5.74) is 7.20. The summed E-state index contributed by atoms with van der Waals surface area (Å²) in [6.45, 7) is 1.81. The summed E-state index contributed by atoms with van der Waals surface area (Å²) in [6.07, 6.45) is 3.24. The van der Waals surface area contributed by atoms with Gasteiger partial charge in [0.15, 0.2) is 0 Å². The fraction of sp³-hybridized carbons (Fsp3) is 0.533. The summed E-state index contributed by atoms with van der Waals surface area (Å²) in [5.74, 6) is 1.21. The topological polar surface area (TPSA) is 96.2 Å². The van der Waals surface area contributed by atoms with Crippen LogP contribution in [0.1, 0.15) is 24.8 Å². The third kappa shape index (κ3) is 2.57. The van der Waals surface area contributed by atoms with E-state index in [9.17, 15) is 15.4 Å². The minimum atomic E-state index is -0.465. The number of nitriles is 1. The first-order chi connectivity index (χ1) is 10.1. The summed E-state index contributed by atoms with van der Waals surface area (Å²) < 4.78 is 0. The highest BCUT2D eigenvalue weighted by Crippen LogP contribution is 2.39. The third-order valence-corrected chi connectivity index (χ3v) is 4.74. The van der Waals surface area contributed by atoms with Crippen molar-refractivity contribution in [1.82, 2.24) is 0 Å². The minimum absolute atomic E-state index is 0.0334. The van der Waals surface area contributed by atoms with Gasteiger partial charge < -0.3 is 10.6 Å². The minimum Gasteiger partial charge on any atom is -0.370 e. The van der Waals surface area contributed by atoms with E-state index in [1.165, 1.54) is 12.1 Å². The maximum absolute atomic E-state index is 10.8. The van der Waals surface area contributed by atoms with Gasteiger partial charge in [0.2, 0.25) is 0 Å². The standard InChI is InChI=1S/C15H18N4O2/c16-7-11-6-14(19(20)21)3-4-15(11)18-8-10-1-2-13(17)5-12(10)9-18/h3-4,6,10,12-13H,1-2,5,8-9,17H2/t10-,12+,13?/m1/s1. The second-order valence-electron chi connectivity index (χ2n) is 6.07. The molecule has 0 amide bonds. The number of nitrogens with two attached hydrogens (primary N) is 1. The van der Waals surface area contributed by atoms with Gasteiger partial charge in [-0.2, -0.15) is 5.26 Å². The van der Waals surface area contributed by atoms with Crippen molar-refractivity contribution in [2.45, 2.75) is 25.3 Å². The van der Waals surface area contributed by atoms with Gasteiger partial charge in [0, 0.05) is 31.3 Å². The van der Waals surface area contributed by atoms with E-state index in [4.69, 9.17) is 5.73 Å². The molecule has 3 atom stereocenters. The SMILES string of the molecule is N#Cc1cc([N+](=O)[O-])ccc1N1C[C@H]2CCC(N)C[C@H]2C1. The second kappa shape index (κ2) is 5.34. The number of hydrogen-bond acceptors (Lipinski definition) is 5. The van der Waals surface area contributed by atoms with Gasteiger partial charge in [0.1, 0.15) is 6.07 Å². The number of anilines is 1. The van der Waals surface area contributed by atoms with Crippen molar-refractivity contribution in [2.75, 3.05) is 18.0 Å². The average Bonchev–Trinajstić information content (AvgIpc) is 2.89. The molecule has 1 unspecified atom stereocenters. The predicted molar refractivity (Wildman–Crippen MR) is 78.8 cm³/mol. The van der Waals surface area contributed by atoms with E-state index in [-0.39, 0.29) is 5.69 Å². The monoisotopic (exact) mass is 286 g/mol. The van der Waals surface area contributed by atoms with Crippen LogP contribution in [0.3, 0.4) is 0 Å². The summed E-state index contributed by atoms with van der Waals surface area (Å²) in [6, 6.07) is 6.92. The van der Waals surface area contributed by atoms with Crippen molar-refractivity contribution in [3.8, 4) is 6.07 Å². The van der Waals surface area contributed by atoms with E-state index >= 15 is 0 Å². The van der Waals surface area contributed by atoms with Crippen LogP contribution in [0.2, 0.25) is 0 Å². The molecule has 2 N–H and O–H groups in total. The van der Waals surface area contributed by atoms with Crippen LogP contribution in [-0.2, 0) is 0 Å². The Labute approximate surface area is 123 Å². The molecule has 0 spiro atoms. The Morgan fingerprint density at radius 2 is 2.10 bits per heavy atom. The maximum atomic E-state index is 10.8. The Morgan fingerprint density at radius 3 is 2.81 bits per heavy atom. The Morgan fingerprint density at radius 1 is 1.33 bits per heavy atom. The molecule has 110 valence electrons. The molecule has 1 aliphatic heterocycles. The van der Waals surface area contributed by atoms with Gasteiger partial charge in [-0.15, -0.1) is 0 Å². The fourth-order valence-electron chi connectivity index (χ4n) is 3.67. The first-order valence-corrected chi connectivity index (χ1v) is 7.27. The van der Waals surface area contributed by atoms with Crippen molar-refractivity contribution in [3.05, 3.63) is 33.9 Å². The van der Waals surface area contributed by atoms with E-state index in [0.29, 0.717) is 23.4 Å². The van der Waals surface area contributed by atoms with E-state index in [1.807, 2.05) is 0 Å². The molecule has 0 radical (unpaired) electrons. The van der Waals surface area contributed by atoms with Crippen LogP contribution in [0.15, 0.2) is 18.2 Å². The van der Waals surface area contributed by atoms with Crippen LogP contribution < -0.4 is 10.6 Å². The number of rotatable bonds is 2. The second-order valence-corrected chi connectivity index (χ2v) is 6.07. The molecule has 2 fully saturated rings. The van der Waals surface area contributed by atoms with Gasteiger partial charge in [-0.1, -0.05) is 0 Å². The lowest BCUT2D eigenvalue weighted by Crippen LogP contribution is -2.32. The molecule has 2 aliphatic rings. The molecule has 21 heavy (non-hydrogen) atoms. The van der Waals surface area contributed by atoms with E-state index in [1.54, 1.807) is 6.07 Å². The number of nitro benzene ring substituents is 1. The smallest absolute Gasteiger partial charge is 0.270 e. The first kappa shape index (κ1) is 13.8. The molecule has 1 saturated carbocycles. The van der Waals surface area contributed by atoms with Gasteiger partial charge in [-0.05, 0) is 37.2 Å². The van der Waals surface area contributed by atoms with Crippen molar-refractivity contribution in [2.24, 2.45) is 17.6 Å².